The smallest absolute Gasteiger partial charge is 0.326 e. The van der Waals surface area contributed by atoms with Crippen molar-refractivity contribution in [3.05, 3.63) is 27.4 Å². The van der Waals surface area contributed by atoms with Gasteiger partial charge in [0.15, 0.2) is 5.15 Å². The summed E-state index contributed by atoms with van der Waals surface area (Å²) in [6.45, 7) is 1.82. The lowest BCUT2D eigenvalue weighted by atomic mass is 10.4. The molecular formula is C9H10BrClN2O3. The summed E-state index contributed by atoms with van der Waals surface area (Å²) < 4.78 is 6.00. The van der Waals surface area contributed by atoms with E-state index in [1.165, 1.54) is 10.8 Å². The number of rotatable bonds is 4. The van der Waals surface area contributed by atoms with Crippen molar-refractivity contribution in [1.29, 1.82) is 0 Å². The first-order valence-corrected chi connectivity index (χ1v) is 6.05. The summed E-state index contributed by atoms with van der Waals surface area (Å²) in [4.78, 5) is 26.6. The minimum absolute atomic E-state index is 0.157. The first-order valence-electron chi connectivity index (χ1n) is 4.56. The highest BCUT2D eigenvalue weighted by atomic mass is 79.9. The van der Waals surface area contributed by atoms with Crippen molar-refractivity contribution in [3.63, 3.8) is 0 Å². The topological polar surface area (TPSA) is 61.2 Å². The van der Waals surface area contributed by atoms with Crippen LogP contribution in [0.3, 0.4) is 0 Å². The van der Waals surface area contributed by atoms with Crippen LogP contribution in [-0.2, 0) is 21.4 Å². The minimum atomic E-state index is -0.494. The summed E-state index contributed by atoms with van der Waals surface area (Å²) >= 11 is 8.79. The second-order valence-corrected chi connectivity index (χ2v) is 3.79. The highest BCUT2D eigenvalue weighted by Crippen LogP contribution is 2.05. The molecule has 0 N–H and O–H groups in total. The molecule has 0 radical (unpaired) electrons. The molecule has 0 aliphatic rings. The van der Waals surface area contributed by atoms with Crippen molar-refractivity contribution < 1.29 is 9.53 Å². The number of hydrogen-bond donors (Lipinski definition) is 0. The zero-order chi connectivity index (χ0) is 12.1. The van der Waals surface area contributed by atoms with E-state index >= 15 is 0 Å². The molecule has 5 nitrogen and oxygen atoms in total. The molecule has 0 aliphatic heterocycles. The third-order valence-corrected chi connectivity index (χ3v) is 2.66. The second kappa shape index (κ2) is 6.00. The molecule has 0 bridgehead atoms. The monoisotopic (exact) mass is 308 g/mol. The minimum Gasteiger partial charge on any atom is -0.465 e. The lowest BCUT2D eigenvalue weighted by molar-refractivity contribution is -0.143. The average Bonchev–Trinajstić information content (AvgIpc) is 2.25. The van der Waals surface area contributed by atoms with E-state index in [2.05, 4.69) is 20.9 Å². The molecule has 7 heteroatoms. The third kappa shape index (κ3) is 3.05. The van der Waals surface area contributed by atoms with Crippen LogP contribution in [0.15, 0.2) is 11.0 Å². The molecule has 16 heavy (non-hydrogen) atoms. The zero-order valence-corrected chi connectivity index (χ0v) is 10.9. The van der Waals surface area contributed by atoms with Crippen molar-refractivity contribution in [2.45, 2.75) is 18.8 Å². The van der Waals surface area contributed by atoms with Gasteiger partial charge in [-0.25, -0.2) is 4.98 Å². The molecule has 0 unspecified atom stereocenters. The Labute approximate surface area is 106 Å². The Kier molecular flexibility index (Phi) is 4.95. The van der Waals surface area contributed by atoms with E-state index in [9.17, 15) is 9.59 Å². The average molecular weight is 310 g/mol. The molecule has 0 fully saturated rings. The molecule has 0 atom stereocenters. The number of carbonyl (C=O) groups excluding carboxylic acids is 1. The van der Waals surface area contributed by atoms with Crippen LogP contribution < -0.4 is 5.56 Å². The van der Waals surface area contributed by atoms with Crippen LogP contribution in [0, 0.1) is 0 Å². The van der Waals surface area contributed by atoms with Gasteiger partial charge in [0.25, 0.3) is 5.56 Å². The van der Waals surface area contributed by atoms with Crippen molar-refractivity contribution in [2.75, 3.05) is 6.61 Å². The summed E-state index contributed by atoms with van der Waals surface area (Å²) in [6.07, 6.45) is 1.44. The first kappa shape index (κ1) is 13.2. The summed E-state index contributed by atoms with van der Waals surface area (Å²) in [5.41, 5.74) is 0.0779. The van der Waals surface area contributed by atoms with Crippen molar-refractivity contribution >= 4 is 33.5 Å². The second-order valence-electron chi connectivity index (χ2n) is 2.87. The van der Waals surface area contributed by atoms with E-state index in [1.54, 1.807) is 6.92 Å². The van der Waals surface area contributed by atoms with Gasteiger partial charge >= 0.3 is 5.97 Å². The van der Waals surface area contributed by atoms with E-state index in [4.69, 9.17) is 16.3 Å². The number of aromatic nitrogens is 2. The van der Waals surface area contributed by atoms with E-state index in [1.807, 2.05) is 0 Å². The fourth-order valence-electron chi connectivity index (χ4n) is 1.11. The van der Waals surface area contributed by atoms with E-state index in [0.29, 0.717) is 11.0 Å². The molecule has 1 aromatic rings. The predicted molar refractivity (Wildman–Crippen MR) is 62.8 cm³/mol. The highest BCUT2D eigenvalue weighted by Gasteiger charge is 2.12. The van der Waals surface area contributed by atoms with Gasteiger partial charge in [0.05, 0.1) is 12.3 Å². The SMILES string of the molecule is CCOC(=O)Cn1c(CBr)cnc(Cl)c1=O. The lowest BCUT2D eigenvalue weighted by Gasteiger charge is -2.09. The summed E-state index contributed by atoms with van der Waals surface area (Å²) in [5, 5.41) is 0.250. The fourth-order valence-corrected chi connectivity index (χ4v) is 1.71. The van der Waals surface area contributed by atoms with Gasteiger partial charge in [-0.3, -0.25) is 14.2 Å². The summed E-state index contributed by atoms with van der Waals surface area (Å²) in [5.74, 6) is -0.478. The molecule has 1 heterocycles. The van der Waals surface area contributed by atoms with E-state index in [-0.39, 0.29) is 18.3 Å². The van der Waals surface area contributed by atoms with E-state index in [0.717, 1.165) is 0 Å². The molecular weight excluding hydrogens is 299 g/mol. The first-order chi connectivity index (χ1) is 7.60. The molecule has 0 saturated heterocycles. The number of ether oxygens (including phenoxy) is 1. The van der Waals surface area contributed by atoms with Crippen molar-refractivity contribution in [1.82, 2.24) is 9.55 Å². The van der Waals surface area contributed by atoms with Crippen LogP contribution in [0.1, 0.15) is 12.6 Å². The molecule has 0 spiro atoms. The van der Waals surface area contributed by atoms with Crippen LogP contribution in [0.2, 0.25) is 5.15 Å². The van der Waals surface area contributed by atoms with Gasteiger partial charge in [-0.05, 0) is 6.92 Å². The quantitative estimate of drug-likeness (QED) is 0.622. The Hall–Kier alpha value is -0.880. The van der Waals surface area contributed by atoms with Gasteiger partial charge in [0.1, 0.15) is 6.54 Å². The van der Waals surface area contributed by atoms with Gasteiger partial charge < -0.3 is 4.74 Å². The van der Waals surface area contributed by atoms with Crippen molar-refractivity contribution in [3.8, 4) is 0 Å². The maximum atomic E-state index is 11.6. The van der Waals surface area contributed by atoms with E-state index < -0.39 is 11.5 Å². The molecule has 1 aromatic heterocycles. The maximum absolute atomic E-state index is 11.6. The van der Waals surface area contributed by atoms with Gasteiger partial charge in [-0.15, -0.1) is 0 Å². The van der Waals surface area contributed by atoms with Gasteiger partial charge in [0, 0.05) is 11.5 Å². The Morgan fingerprint density at radius 1 is 1.69 bits per heavy atom. The Morgan fingerprint density at radius 2 is 2.38 bits per heavy atom. The maximum Gasteiger partial charge on any atom is 0.326 e. The fraction of sp³-hybridized carbons (Fsp3) is 0.444. The Morgan fingerprint density at radius 3 is 2.94 bits per heavy atom. The highest BCUT2D eigenvalue weighted by molar-refractivity contribution is 9.08. The van der Waals surface area contributed by atoms with Crippen LogP contribution in [-0.4, -0.2) is 22.1 Å². The van der Waals surface area contributed by atoms with Crippen molar-refractivity contribution in [2.24, 2.45) is 0 Å². The largest absolute Gasteiger partial charge is 0.465 e. The molecule has 0 saturated carbocycles. The van der Waals surface area contributed by atoms with Crippen LogP contribution in [0.5, 0.6) is 0 Å². The number of hydrogen-bond acceptors (Lipinski definition) is 4. The normalized spacial score (nSPS) is 10.2. The standard InChI is InChI=1S/C9H10BrClN2O3/c1-2-16-7(14)5-13-6(3-10)4-12-8(11)9(13)15/h4H,2-3,5H2,1H3. The molecule has 0 amide bonds. The third-order valence-electron chi connectivity index (χ3n) is 1.82. The number of esters is 1. The van der Waals surface area contributed by atoms with Gasteiger partial charge in [0.2, 0.25) is 0 Å². The van der Waals surface area contributed by atoms with Crippen LogP contribution >= 0.6 is 27.5 Å². The predicted octanol–water partition coefficient (Wildman–Crippen LogP) is 1.35. The summed E-state index contributed by atoms with van der Waals surface area (Å²) in [7, 11) is 0. The molecule has 88 valence electrons. The lowest BCUT2D eigenvalue weighted by Crippen LogP contribution is -2.28. The Bertz CT molecular complexity index is 447. The Balaban J connectivity index is 3.06. The number of alkyl halides is 1. The van der Waals surface area contributed by atoms with Crippen LogP contribution in [0.25, 0.3) is 0 Å². The van der Waals surface area contributed by atoms with Crippen LogP contribution in [0.4, 0.5) is 0 Å². The number of halogens is 2. The van der Waals surface area contributed by atoms with Gasteiger partial charge in [-0.1, -0.05) is 27.5 Å². The molecule has 1 rings (SSSR count). The number of carbonyl (C=O) groups is 1. The molecule has 0 aliphatic carbocycles. The zero-order valence-electron chi connectivity index (χ0n) is 8.57. The number of nitrogens with zero attached hydrogens (tertiary/aromatic N) is 2. The summed E-state index contributed by atoms with van der Waals surface area (Å²) in [6, 6.07) is 0. The molecule has 0 aromatic carbocycles. The van der Waals surface area contributed by atoms with Gasteiger partial charge in [-0.2, -0.15) is 0 Å².